The van der Waals surface area contributed by atoms with E-state index < -0.39 is 5.97 Å². The number of pyridine rings is 1. The van der Waals surface area contributed by atoms with Crippen LogP contribution in [-0.2, 0) is 11.3 Å². The van der Waals surface area contributed by atoms with Crippen LogP contribution in [0.2, 0.25) is 5.02 Å². The van der Waals surface area contributed by atoms with E-state index in [1.54, 1.807) is 6.92 Å². The molecular weight excluding hydrogens is 242 g/mol. The Labute approximate surface area is 105 Å². The summed E-state index contributed by atoms with van der Waals surface area (Å²) in [7, 11) is 0. The molecule has 1 aliphatic rings. The van der Waals surface area contributed by atoms with Crippen molar-refractivity contribution in [3.05, 3.63) is 22.3 Å². The highest BCUT2D eigenvalue weighted by Gasteiger charge is 2.25. The quantitative estimate of drug-likeness (QED) is 0.838. The molecule has 0 bridgehead atoms. The predicted molar refractivity (Wildman–Crippen MR) is 64.9 cm³/mol. The molecule has 1 aliphatic heterocycles. The van der Waals surface area contributed by atoms with Gasteiger partial charge < -0.3 is 10.2 Å². The van der Waals surface area contributed by atoms with Crippen LogP contribution in [0, 0.1) is 0 Å². The average molecular weight is 256 g/mol. The smallest absolute Gasteiger partial charge is 0.341 e. The van der Waals surface area contributed by atoms with Crippen LogP contribution in [-0.4, -0.2) is 29.1 Å². The molecule has 1 aromatic heterocycles. The molecule has 0 spiro atoms. The predicted octanol–water partition coefficient (Wildman–Crippen LogP) is 2.07. The highest BCUT2D eigenvalue weighted by atomic mass is 35.5. The van der Waals surface area contributed by atoms with Crippen LogP contribution in [0.4, 0.5) is 5.82 Å². The summed E-state index contributed by atoms with van der Waals surface area (Å²) >= 11 is 6.20. The summed E-state index contributed by atoms with van der Waals surface area (Å²) in [6.45, 7) is 5.59. The molecular formula is C11H14ClN3O2. The van der Waals surface area contributed by atoms with Crippen LogP contribution in [0.15, 0.2) is 6.20 Å². The number of nitrogens with one attached hydrogen (secondary N) is 1. The lowest BCUT2D eigenvalue weighted by Crippen LogP contribution is -2.22. The molecule has 0 aliphatic carbocycles. The first-order valence-electron chi connectivity index (χ1n) is 5.53. The van der Waals surface area contributed by atoms with E-state index in [1.165, 1.54) is 6.20 Å². The first kappa shape index (κ1) is 12.1. The summed E-state index contributed by atoms with van der Waals surface area (Å²) in [5, 5.41) is 2.40. The highest BCUT2D eigenvalue weighted by Crippen LogP contribution is 2.32. The van der Waals surface area contributed by atoms with Crippen molar-refractivity contribution in [2.75, 3.05) is 18.6 Å². The second-order valence-electron chi connectivity index (χ2n) is 3.66. The Morgan fingerprint density at radius 2 is 2.41 bits per heavy atom. The minimum Gasteiger partial charge on any atom is -0.462 e. The standard InChI is InChI=1S/C11H14ClN3O2/c1-3-15-6-8-9(12)7(11(16)17-4-2)5-13-10(8)14-15/h5H,3-4,6H2,1-2H3,(H,13,14). The molecule has 5 nitrogen and oxygen atoms in total. The van der Waals surface area contributed by atoms with E-state index in [9.17, 15) is 4.79 Å². The Bertz CT molecular complexity index is 451. The number of esters is 1. The monoisotopic (exact) mass is 255 g/mol. The molecule has 0 atom stereocenters. The Balaban J connectivity index is 2.32. The van der Waals surface area contributed by atoms with E-state index in [4.69, 9.17) is 16.3 Å². The largest absolute Gasteiger partial charge is 0.462 e. The molecule has 92 valence electrons. The van der Waals surface area contributed by atoms with Crippen molar-refractivity contribution in [3.8, 4) is 0 Å². The zero-order valence-corrected chi connectivity index (χ0v) is 10.5. The number of hydrogen-bond donors (Lipinski definition) is 1. The summed E-state index contributed by atoms with van der Waals surface area (Å²) < 4.78 is 4.92. The molecule has 6 heteroatoms. The van der Waals surface area contributed by atoms with Crippen molar-refractivity contribution in [1.82, 2.24) is 9.99 Å². The van der Waals surface area contributed by atoms with E-state index in [0.717, 1.165) is 12.1 Å². The minimum absolute atomic E-state index is 0.325. The van der Waals surface area contributed by atoms with Gasteiger partial charge >= 0.3 is 5.97 Å². The second-order valence-corrected chi connectivity index (χ2v) is 4.04. The van der Waals surface area contributed by atoms with E-state index in [0.29, 0.717) is 29.6 Å². The van der Waals surface area contributed by atoms with Gasteiger partial charge in [0.15, 0.2) is 0 Å². The van der Waals surface area contributed by atoms with Crippen molar-refractivity contribution < 1.29 is 9.53 Å². The van der Waals surface area contributed by atoms with Crippen LogP contribution in [0.5, 0.6) is 0 Å². The summed E-state index contributed by atoms with van der Waals surface area (Å²) in [5.74, 6) is 0.285. The fourth-order valence-electron chi connectivity index (χ4n) is 1.69. The summed E-state index contributed by atoms with van der Waals surface area (Å²) in [5.41, 5.74) is 4.28. The summed E-state index contributed by atoms with van der Waals surface area (Å²) in [4.78, 5) is 15.8. The zero-order chi connectivity index (χ0) is 12.4. The van der Waals surface area contributed by atoms with Gasteiger partial charge in [-0.2, -0.15) is 0 Å². The van der Waals surface area contributed by atoms with Gasteiger partial charge in [-0.05, 0) is 6.92 Å². The molecule has 0 amide bonds. The van der Waals surface area contributed by atoms with Gasteiger partial charge in [-0.25, -0.2) is 14.8 Å². The van der Waals surface area contributed by atoms with Crippen LogP contribution < -0.4 is 5.43 Å². The van der Waals surface area contributed by atoms with E-state index in [1.807, 2.05) is 11.9 Å². The lowest BCUT2D eigenvalue weighted by atomic mass is 10.2. The van der Waals surface area contributed by atoms with E-state index in [2.05, 4.69) is 10.4 Å². The second kappa shape index (κ2) is 4.89. The van der Waals surface area contributed by atoms with Crippen LogP contribution in [0.3, 0.4) is 0 Å². The number of hydrogen-bond acceptors (Lipinski definition) is 5. The lowest BCUT2D eigenvalue weighted by Gasteiger charge is -2.11. The topological polar surface area (TPSA) is 54.5 Å². The van der Waals surface area contributed by atoms with Gasteiger partial charge in [0.1, 0.15) is 5.82 Å². The Hall–Kier alpha value is -1.33. The van der Waals surface area contributed by atoms with Gasteiger partial charge in [0.25, 0.3) is 0 Å². The molecule has 17 heavy (non-hydrogen) atoms. The highest BCUT2D eigenvalue weighted by molar-refractivity contribution is 6.34. The first-order valence-corrected chi connectivity index (χ1v) is 5.91. The van der Waals surface area contributed by atoms with Gasteiger partial charge in [-0.15, -0.1) is 0 Å². The minimum atomic E-state index is -0.428. The number of carbonyl (C=O) groups is 1. The summed E-state index contributed by atoms with van der Waals surface area (Å²) in [6, 6.07) is 0. The maximum Gasteiger partial charge on any atom is 0.341 e. The van der Waals surface area contributed by atoms with Crippen molar-refractivity contribution in [2.45, 2.75) is 20.4 Å². The number of halogens is 1. The third-order valence-corrected chi connectivity index (χ3v) is 3.03. The van der Waals surface area contributed by atoms with E-state index >= 15 is 0 Å². The maximum absolute atomic E-state index is 11.6. The molecule has 0 unspecified atom stereocenters. The number of hydrazine groups is 1. The third kappa shape index (κ3) is 2.21. The van der Waals surface area contributed by atoms with Crippen molar-refractivity contribution in [1.29, 1.82) is 0 Å². The number of nitrogens with zero attached hydrogens (tertiary/aromatic N) is 2. The van der Waals surface area contributed by atoms with Crippen molar-refractivity contribution in [2.24, 2.45) is 0 Å². The number of fused-ring (bicyclic) bond motifs is 1. The molecule has 2 rings (SSSR count). The van der Waals surface area contributed by atoms with Gasteiger partial charge in [-0.3, -0.25) is 0 Å². The molecule has 0 aromatic carbocycles. The van der Waals surface area contributed by atoms with Crippen LogP contribution in [0.25, 0.3) is 0 Å². The molecule has 1 aromatic rings. The maximum atomic E-state index is 11.6. The Morgan fingerprint density at radius 3 is 3.06 bits per heavy atom. The SMILES string of the molecule is CCOC(=O)c1cnc2c(c1Cl)CN(CC)N2. The average Bonchev–Trinajstić information content (AvgIpc) is 2.73. The molecule has 0 saturated carbocycles. The van der Waals surface area contributed by atoms with Crippen LogP contribution >= 0.6 is 11.6 Å². The number of anilines is 1. The molecule has 0 radical (unpaired) electrons. The van der Waals surface area contributed by atoms with Crippen molar-refractivity contribution >= 4 is 23.4 Å². The Kier molecular flexibility index (Phi) is 3.49. The van der Waals surface area contributed by atoms with Crippen molar-refractivity contribution in [3.63, 3.8) is 0 Å². The lowest BCUT2D eigenvalue weighted by molar-refractivity contribution is 0.0526. The number of ether oxygens (including phenoxy) is 1. The van der Waals surface area contributed by atoms with E-state index in [-0.39, 0.29) is 0 Å². The Morgan fingerprint density at radius 1 is 1.65 bits per heavy atom. The van der Waals surface area contributed by atoms with Crippen LogP contribution in [0.1, 0.15) is 29.8 Å². The number of carbonyl (C=O) groups excluding carboxylic acids is 1. The van der Waals surface area contributed by atoms with Gasteiger partial charge in [-0.1, -0.05) is 18.5 Å². The van der Waals surface area contributed by atoms with Gasteiger partial charge in [0.2, 0.25) is 0 Å². The molecule has 2 heterocycles. The summed E-state index contributed by atoms with van der Waals surface area (Å²) in [6.07, 6.45) is 1.45. The fraction of sp³-hybridized carbons (Fsp3) is 0.455. The number of aromatic nitrogens is 1. The molecule has 0 fully saturated rings. The molecule has 1 N–H and O–H groups in total. The fourth-order valence-corrected chi connectivity index (χ4v) is 1.97. The zero-order valence-electron chi connectivity index (χ0n) is 9.79. The third-order valence-electron chi connectivity index (χ3n) is 2.60. The van der Waals surface area contributed by atoms with Gasteiger partial charge in [0, 0.05) is 24.8 Å². The normalized spacial score (nSPS) is 14.3. The number of rotatable bonds is 3. The first-order chi connectivity index (χ1) is 8.17. The molecule has 0 saturated heterocycles. The van der Waals surface area contributed by atoms with Gasteiger partial charge in [0.05, 0.1) is 17.2 Å².